The minimum Gasteiger partial charge on any atom is -0.391 e. The van der Waals surface area contributed by atoms with Crippen LogP contribution in [0.1, 0.15) is 32.6 Å². The number of hydrogen-bond donors (Lipinski definition) is 3. The monoisotopic (exact) mass is 230 g/mol. The first-order valence-corrected chi connectivity index (χ1v) is 5.98. The number of ether oxygens (including phenoxy) is 1. The lowest BCUT2D eigenvalue weighted by Crippen LogP contribution is -2.39. The fourth-order valence-electron chi connectivity index (χ4n) is 1.84. The summed E-state index contributed by atoms with van der Waals surface area (Å²) in [5.41, 5.74) is 5.46. The van der Waals surface area contributed by atoms with E-state index >= 15 is 0 Å². The molecule has 5 nitrogen and oxygen atoms in total. The highest BCUT2D eigenvalue weighted by Crippen LogP contribution is 2.18. The average molecular weight is 230 g/mol. The first-order chi connectivity index (χ1) is 7.67. The summed E-state index contributed by atoms with van der Waals surface area (Å²) in [6.07, 6.45) is 2.34. The predicted octanol–water partition coefficient (Wildman–Crippen LogP) is -0.230. The van der Waals surface area contributed by atoms with Gasteiger partial charge in [0, 0.05) is 13.1 Å². The van der Waals surface area contributed by atoms with Gasteiger partial charge in [-0.15, -0.1) is 0 Å². The van der Waals surface area contributed by atoms with Crippen molar-refractivity contribution in [2.45, 2.75) is 50.9 Å². The van der Waals surface area contributed by atoms with E-state index in [1.807, 2.05) is 6.92 Å². The Morgan fingerprint density at radius 2 is 2.38 bits per heavy atom. The molecule has 1 fully saturated rings. The van der Waals surface area contributed by atoms with Crippen LogP contribution in [0.3, 0.4) is 0 Å². The molecule has 1 rings (SSSR count). The molecule has 1 aliphatic rings. The number of aliphatic hydroxyl groups excluding tert-OH is 1. The summed E-state index contributed by atoms with van der Waals surface area (Å²) >= 11 is 0. The maximum Gasteiger partial charge on any atom is 0.249 e. The topological polar surface area (TPSA) is 84.6 Å². The fourth-order valence-corrected chi connectivity index (χ4v) is 1.84. The zero-order valence-electron chi connectivity index (χ0n) is 9.82. The van der Waals surface area contributed by atoms with E-state index in [4.69, 9.17) is 10.5 Å². The van der Waals surface area contributed by atoms with Crippen LogP contribution in [0, 0.1) is 0 Å². The van der Waals surface area contributed by atoms with E-state index in [1.54, 1.807) is 0 Å². The minimum absolute atomic E-state index is 0.0105. The first kappa shape index (κ1) is 13.4. The second-order valence-corrected chi connectivity index (χ2v) is 4.25. The molecule has 3 unspecified atom stereocenters. The van der Waals surface area contributed by atoms with E-state index in [1.165, 1.54) is 0 Å². The summed E-state index contributed by atoms with van der Waals surface area (Å²) in [4.78, 5) is 11.6. The lowest BCUT2D eigenvalue weighted by Gasteiger charge is -2.14. The lowest BCUT2D eigenvalue weighted by atomic mass is 10.2. The Bertz CT molecular complexity index is 223. The van der Waals surface area contributed by atoms with Gasteiger partial charge in [0.05, 0.1) is 12.2 Å². The number of carbonyl (C=O) groups excluding carboxylic acids is 1. The van der Waals surface area contributed by atoms with Gasteiger partial charge in [-0.25, -0.2) is 0 Å². The molecular weight excluding hydrogens is 208 g/mol. The molecule has 0 aromatic heterocycles. The van der Waals surface area contributed by atoms with Crippen molar-refractivity contribution in [3.63, 3.8) is 0 Å². The van der Waals surface area contributed by atoms with Gasteiger partial charge in [-0.05, 0) is 19.3 Å². The lowest BCUT2D eigenvalue weighted by molar-refractivity contribution is -0.132. The molecule has 4 N–H and O–H groups in total. The van der Waals surface area contributed by atoms with Crippen LogP contribution in [0.25, 0.3) is 0 Å². The standard InChI is InChI=1S/C11H22N2O3/c1-2-3-8(14)7-13-11(15)10-5-4-9(6-12)16-10/h8-10,14H,2-7,12H2,1H3,(H,13,15). The third-order valence-electron chi connectivity index (χ3n) is 2.80. The highest BCUT2D eigenvalue weighted by atomic mass is 16.5. The average Bonchev–Trinajstić information content (AvgIpc) is 2.75. The van der Waals surface area contributed by atoms with Gasteiger partial charge in [0.2, 0.25) is 5.91 Å². The Labute approximate surface area is 96.3 Å². The number of nitrogens with two attached hydrogens (primary N) is 1. The summed E-state index contributed by atoms with van der Waals surface area (Å²) < 4.78 is 5.45. The van der Waals surface area contributed by atoms with Gasteiger partial charge in [0.1, 0.15) is 6.10 Å². The van der Waals surface area contributed by atoms with Gasteiger partial charge in [0.25, 0.3) is 0 Å². The number of hydrogen-bond acceptors (Lipinski definition) is 4. The molecule has 1 heterocycles. The van der Waals surface area contributed by atoms with Gasteiger partial charge in [0.15, 0.2) is 0 Å². The van der Waals surface area contributed by atoms with Crippen LogP contribution in [0.4, 0.5) is 0 Å². The first-order valence-electron chi connectivity index (χ1n) is 5.98. The zero-order chi connectivity index (χ0) is 12.0. The van der Waals surface area contributed by atoms with Crippen molar-refractivity contribution in [1.29, 1.82) is 0 Å². The summed E-state index contributed by atoms with van der Waals surface area (Å²) in [7, 11) is 0. The van der Waals surface area contributed by atoms with E-state index in [9.17, 15) is 9.90 Å². The maximum atomic E-state index is 11.6. The molecule has 0 saturated carbocycles. The summed E-state index contributed by atoms with van der Waals surface area (Å²) in [6, 6.07) is 0. The summed E-state index contributed by atoms with van der Waals surface area (Å²) in [6.45, 7) is 2.76. The van der Waals surface area contributed by atoms with Crippen molar-refractivity contribution < 1.29 is 14.6 Å². The molecule has 0 spiro atoms. The zero-order valence-corrected chi connectivity index (χ0v) is 9.82. The van der Waals surface area contributed by atoms with Crippen molar-refractivity contribution in [1.82, 2.24) is 5.32 Å². The number of nitrogens with one attached hydrogen (secondary N) is 1. The third-order valence-corrected chi connectivity index (χ3v) is 2.80. The molecule has 1 amide bonds. The predicted molar refractivity (Wildman–Crippen MR) is 60.9 cm³/mol. The molecule has 0 bridgehead atoms. The number of rotatable bonds is 6. The van der Waals surface area contributed by atoms with E-state index in [-0.39, 0.29) is 18.1 Å². The van der Waals surface area contributed by atoms with Crippen molar-refractivity contribution in [2.75, 3.05) is 13.1 Å². The van der Waals surface area contributed by atoms with Crippen molar-refractivity contribution >= 4 is 5.91 Å². The van der Waals surface area contributed by atoms with Crippen LogP contribution >= 0.6 is 0 Å². The molecule has 1 aliphatic heterocycles. The van der Waals surface area contributed by atoms with E-state index < -0.39 is 6.10 Å². The molecule has 16 heavy (non-hydrogen) atoms. The number of carbonyl (C=O) groups is 1. The number of amides is 1. The molecule has 5 heteroatoms. The summed E-state index contributed by atoms with van der Waals surface area (Å²) in [5.74, 6) is -0.133. The van der Waals surface area contributed by atoms with Crippen LogP contribution in [0.5, 0.6) is 0 Å². The Kier molecular flexibility index (Phi) is 5.73. The fraction of sp³-hybridized carbons (Fsp3) is 0.909. The SMILES string of the molecule is CCCC(O)CNC(=O)C1CCC(CN)O1. The molecule has 0 radical (unpaired) electrons. The van der Waals surface area contributed by atoms with Gasteiger partial charge in [-0.2, -0.15) is 0 Å². The smallest absolute Gasteiger partial charge is 0.249 e. The van der Waals surface area contributed by atoms with Crippen LogP contribution < -0.4 is 11.1 Å². The third kappa shape index (κ3) is 4.08. The summed E-state index contributed by atoms with van der Waals surface area (Å²) in [5, 5.41) is 12.2. The van der Waals surface area contributed by atoms with E-state index in [0.29, 0.717) is 19.5 Å². The van der Waals surface area contributed by atoms with Crippen LogP contribution in [0.2, 0.25) is 0 Å². The molecular formula is C11H22N2O3. The molecule has 3 atom stereocenters. The van der Waals surface area contributed by atoms with E-state index in [2.05, 4.69) is 5.32 Å². The van der Waals surface area contributed by atoms with E-state index in [0.717, 1.165) is 19.3 Å². The Balaban J connectivity index is 2.20. The van der Waals surface area contributed by atoms with Crippen molar-refractivity contribution in [2.24, 2.45) is 5.73 Å². The Morgan fingerprint density at radius 1 is 1.62 bits per heavy atom. The normalized spacial score (nSPS) is 26.7. The van der Waals surface area contributed by atoms with Crippen LogP contribution in [-0.4, -0.2) is 42.4 Å². The Hall–Kier alpha value is -0.650. The molecule has 94 valence electrons. The maximum absolute atomic E-state index is 11.6. The molecule has 0 aromatic rings. The minimum atomic E-state index is -0.458. The second-order valence-electron chi connectivity index (χ2n) is 4.25. The van der Waals surface area contributed by atoms with Gasteiger partial charge in [-0.1, -0.05) is 13.3 Å². The molecule has 0 aliphatic carbocycles. The van der Waals surface area contributed by atoms with Gasteiger partial charge < -0.3 is 20.9 Å². The van der Waals surface area contributed by atoms with Crippen LogP contribution in [0.15, 0.2) is 0 Å². The van der Waals surface area contributed by atoms with Crippen molar-refractivity contribution in [3.8, 4) is 0 Å². The molecule has 0 aromatic carbocycles. The van der Waals surface area contributed by atoms with Crippen molar-refractivity contribution in [3.05, 3.63) is 0 Å². The Morgan fingerprint density at radius 3 is 2.94 bits per heavy atom. The molecule has 1 saturated heterocycles. The van der Waals surface area contributed by atoms with Gasteiger partial charge >= 0.3 is 0 Å². The largest absolute Gasteiger partial charge is 0.391 e. The number of aliphatic hydroxyl groups is 1. The highest BCUT2D eigenvalue weighted by molar-refractivity contribution is 5.81. The van der Waals surface area contributed by atoms with Crippen LogP contribution in [-0.2, 0) is 9.53 Å². The quantitative estimate of drug-likeness (QED) is 0.588. The second kappa shape index (κ2) is 6.83. The highest BCUT2D eigenvalue weighted by Gasteiger charge is 2.29. The van der Waals surface area contributed by atoms with Gasteiger partial charge in [-0.3, -0.25) is 4.79 Å².